The number of nitrogens with zero attached hydrogens (tertiary/aromatic N) is 2. The fourth-order valence-electron chi connectivity index (χ4n) is 2.55. The van der Waals surface area contributed by atoms with Gasteiger partial charge in [-0.05, 0) is 42.2 Å². The van der Waals surface area contributed by atoms with E-state index >= 15 is 0 Å². The molecule has 2 aromatic rings. The van der Waals surface area contributed by atoms with Gasteiger partial charge in [0.2, 0.25) is 11.8 Å². The maximum absolute atomic E-state index is 12.1. The van der Waals surface area contributed by atoms with E-state index in [0.29, 0.717) is 29.3 Å². The summed E-state index contributed by atoms with van der Waals surface area (Å²) >= 11 is 0. The molecule has 0 aliphatic rings. The van der Waals surface area contributed by atoms with Crippen LogP contribution in [0.2, 0.25) is 0 Å². The number of benzene rings is 1. The lowest BCUT2D eigenvalue weighted by Crippen LogP contribution is -2.42. The number of pyridine rings is 1. The van der Waals surface area contributed by atoms with Crippen molar-refractivity contribution in [3.05, 3.63) is 47.7 Å². The molecule has 1 aromatic heterocycles. The maximum atomic E-state index is 12.1. The van der Waals surface area contributed by atoms with Crippen molar-refractivity contribution >= 4 is 17.7 Å². The van der Waals surface area contributed by atoms with Crippen LogP contribution >= 0.6 is 0 Å². The molecule has 8 nitrogen and oxygen atoms in total. The number of anilines is 1. The summed E-state index contributed by atoms with van der Waals surface area (Å²) < 4.78 is 5.73. The number of hydrogen-bond acceptors (Lipinski definition) is 5. The van der Waals surface area contributed by atoms with E-state index in [2.05, 4.69) is 21.7 Å². The zero-order valence-electron chi connectivity index (χ0n) is 15.9. The van der Waals surface area contributed by atoms with Crippen LogP contribution < -0.4 is 15.4 Å². The summed E-state index contributed by atoms with van der Waals surface area (Å²) in [6, 6.07) is 9.74. The van der Waals surface area contributed by atoms with Crippen molar-refractivity contribution in [1.29, 1.82) is 5.26 Å². The van der Waals surface area contributed by atoms with Crippen molar-refractivity contribution in [2.45, 2.75) is 39.2 Å². The van der Waals surface area contributed by atoms with E-state index in [-0.39, 0.29) is 5.92 Å². The molecule has 28 heavy (non-hydrogen) atoms. The molecule has 2 rings (SSSR count). The van der Waals surface area contributed by atoms with Gasteiger partial charge in [-0.3, -0.25) is 4.79 Å². The van der Waals surface area contributed by atoms with Crippen LogP contribution in [0.5, 0.6) is 11.6 Å². The summed E-state index contributed by atoms with van der Waals surface area (Å²) in [5.41, 5.74) is 1.92. The molecule has 3 N–H and O–H groups in total. The van der Waals surface area contributed by atoms with Crippen molar-refractivity contribution in [1.82, 2.24) is 10.3 Å². The van der Waals surface area contributed by atoms with Crippen LogP contribution in [0.4, 0.5) is 10.5 Å². The Morgan fingerprint density at radius 2 is 2.04 bits per heavy atom. The average Bonchev–Trinajstić information content (AvgIpc) is 2.67. The summed E-state index contributed by atoms with van der Waals surface area (Å²) in [5, 5.41) is 22.7. The van der Waals surface area contributed by atoms with Crippen LogP contribution in [0.25, 0.3) is 0 Å². The molecule has 1 heterocycles. The number of carbonyl (C=O) groups excluding carboxylic acids is 1. The highest BCUT2D eigenvalue weighted by Crippen LogP contribution is 2.27. The third-order valence-corrected chi connectivity index (χ3v) is 4.01. The molecule has 146 valence electrons. The average molecular weight is 382 g/mol. The molecular formula is C20H22N4O4. The van der Waals surface area contributed by atoms with Crippen LogP contribution in [0.3, 0.4) is 0 Å². The van der Waals surface area contributed by atoms with E-state index < -0.39 is 18.0 Å². The molecule has 0 radical (unpaired) electrons. The van der Waals surface area contributed by atoms with Gasteiger partial charge < -0.3 is 20.5 Å². The molecular weight excluding hydrogens is 360 g/mol. The molecule has 0 unspecified atom stereocenters. The molecule has 0 fully saturated rings. The number of rotatable bonds is 7. The summed E-state index contributed by atoms with van der Waals surface area (Å²) in [4.78, 5) is 27.0. The summed E-state index contributed by atoms with van der Waals surface area (Å²) in [5.74, 6) is 0.598. The Balaban J connectivity index is 2.07. The fourth-order valence-corrected chi connectivity index (χ4v) is 2.55. The lowest BCUT2D eigenvalue weighted by Gasteiger charge is -2.15. The van der Waals surface area contributed by atoms with Gasteiger partial charge in [0.15, 0.2) is 0 Å². The first kappa shape index (κ1) is 20.7. The molecule has 0 aliphatic heterocycles. The predicted octanol–water partition coefficient (Wildman–Crippen LogP) is 3.85. The molecule has 1 atom stereocenters. The van der Waals surface area contributed by atoms with E-state index in [1.165, 1.54) is 6.20 Å². The second kappa shape index (κ2) is 9.37. The number of carboxylic acid groups (broad SMARTS) is 1. The molecule has 0 aliphatic carbocycles. The smallest absolute Gasteiger partial charge is 0.405 e. The van der Waals surface area contributed by atoms with Gasteiger partial charge in [-0.15, -0.1) is 0 Å². The van der Waals surface area contributed by atoms with E-state index in [0.717, 1.165) is 5.56 Å². The Morgan fingerprint density at radius 3 is 2.57 bits per heavy atom. The maximum Gasteiger partial charge on any atom is 0.405 e. The van der Waals surface area contributed by atoms with E-state index in [1.807, 2.05) is 19.9 Å². The van der Waals surface area contributed by atoms with Gasteiger partial charge in [0, 0.05) is 6.07 Å². The van der Waals surface area contributed by atoms with Crippen molar-refractivity contribution in [2.75, 3.05) is 5.32 Å². The summed E-state index contributed by atoms with van der Waals surface area (Å²) in [6.45, 7) is 5.70. The normalized spacial score (nSPS) is 11.4. The Bertz CT molecular complexity index is 888. The van der Waals surface area contributed by atoms with Crippen molar-refractivity contribution < 1.29 is 19.4 Å². The molecule has 0 saturated carbocycles. The Hall–Kier alpha value is -3.60. The van der Waals surface area contributed by atoms with Crippen LogP contribution in [0.1, 0.15) is 44.2 Å². The van der Waals surface area contributed by atoms with Gasteiger partial charge in [-0.2, -0.15) is 5.26 Å². The first-order valence-corrected chi connectivity index (χ1v) is 8.82. The topological polar surface area (TPSA) is 124 Å². The summed E-state index contributed by atoms with van der Waals surface area (Å²) in [7, 11) is 0. The lowest BCUT2D eigenvalue weighted by molar-refractivity contribution is -0.118. The Morgan fingerprint density at radius 1 is 1.29 bits per heavy atom. The summed E-state index contributed by atoms with van der Waals surface area (Å²) in [6.07, 6.45) is 0.490. The minimum atomic E-state index is -1.26. The van der Waals surface area contributed by atoms with E-state index in [4.69, 9.17) is 9.84 Å². The highest BCUT2D eigenvalue weighted by atomic mass is 16.5. The van der Waals surface area contributed by atoms with Gasteiger partial charge in [-0.1, -0.05) is 20.8 Å². The molecule has 8 heteroatoms. The van der Waals surface area contributed by atoms with Crippen molar-refractivity contribution in [3.8, 4) is 17.7 Å². The Kier molecular flexibility index (Phi) is 6.93. The molecule has 2 amide bonds. The minimum absolute atomic E-state index is 0.176. The van der Waals surface area contributed by atoms with Crippen LogP contribution in [0.15, 0.2) is 36.5 Å². The fraction of sp³-hybridized carbons (Fsp3) is 0.300. The molecule has 0 bridgehead atoms. The molecule has 0 saturated heterocycles. The molecule has 0 spiro atoms. The van der Waals surface area contributed by atoms with Gasteiger partial charge in [0.1, 0.15) is 11.8 Å². The predicted molar refractivity (Wildman–Crippen MR) is 103 cm³/mol. The Labute approximate surface area is 163 Å². The van der Waals surface area contributed by atoms with E-state index in [1.54, 1.807) is 31.2 Å². The largest absolute Gasteiger partial charge is 0.465 e. The van der Waals surface area contributed by atoms with Crippen LogP contribution in [0, 0.1) is 11.3 Å². The SMILES string of the molecule is CC[C@@H](NC(=O)O)C(=O)Nc1ccc(Oc2ccc(C#N)c(C(C)C)c2)nc1. The van der Waals surface area contributed by atoms with Gasteiger partial charge in [-0.25, -0.2) is 9.78 Å². The third-order valence-electron chi connectivity index (χ3n) is 4.01. The number of aromatic nitrogens is 1. The van der Waals surface area contributed by atoms with E-state index in [9.17, 15) is 14.9 Å². The number of nitriles is 1. The number of nitrogens with one attached hydrogen (secondary N) is 2. The highest BCUT2D eigenvalue weighted by Gasteiger charge is 2.18. The monoisotopic (exact) mass is 382 g/mol. The number of ether oxygens (including phenoxy) is 1. The molecule has 1 aromatic carbocycles. The van der Waals surface area contributed by atoms with Crippen molar-refractivity contribution in [3.63, 3.8) is 0 Å². The zero-order chi connectivity index (χ0) is 20.7. The van der Waals surface area contributed by atoms with Crippen LogP contribution in [-0.2, 0) is 4.79 Å². The second-order valence-electron chi connectivity index (χ2n) is 6.40. The zero-order valence-corrected chi connectivity index (χ0v) is 15.9. The quantitative estimate of drug-likeness (QED) is 0.668. The standard InChI is InChI=1S/C20H22N4O4/c1-4-17(24-20(26)27)19(25)23-14-6-8-18(22-11-14)28-15-7-5-13(10-21)16(9-15)12(2)3/h5-9,11-12,17,24H,4H2,1-3H3,(H,23,25)(H,26,27)/t17-/m1/s1. The minimum Gasteiger partial charge on any atom is -0.465 e. The first-order chi connectivity index (χ1) is 13.3. The number of carbonyl (C=O) groups is 2. The van der Waals surface area contributed by atoms with Gasteiger partial charge >= 0.3 is 6.09 Å². The van der Waals surface area contributed by atoms with Crippen LogP contribution in [-0.4, -0.2) is 28.1 Å². The first-order valence-electron chi connectivity index (χ1n) is 8.82. The third kappa shape index (κ3) is 5.45. The van der Waals surface area contributed by atoms with Gasteiger partial charge in [0.05, 0.1) is 23.5 Å². The second-order valence-corrected chi connectivity index (χ2v) is 6.40. The lowest BCUT2D eigenvalue weighted by atomic mass is 9.98. The highest BCUT2D eigenvalue weighted by molar-refractivity contribution is 5.96. The number of amides is 2. The van der Waals surface area contributed by atoms with Gasteiger partial charge in [0.25, 0.3) is 0 Å². The number of hydrogen-bond donors (Lipinski definition) is 3. The van der Waals surface area contributed by atoms with Crippen molar-refractivity contribution in [2.24, 2.45) is 0 Å².